The zero-order valence-electron chi connectivity index (χ0n) is 92.3. The molecule has 762 valence electrons. The maximum Gasteiger partial charge on any atom is 0.0704 e. The average molecular weight is 1830 g/mol. The third-order valence-corrected chi connectivity index (χ3v) is 40.5. The molecule has 0 bridgehead atoms. The number of unbranched alkanes of at least 4 members (excludes halogenated alkanes) is 18. The summed E-state index contributed by atoms with van der Waals surface area (Å²) in [4.78, 5) is 0. The molecule has 0 spiro atoms. The molecule has 0 aromatic heterocycles. The van der Waals surface area contributed by atoms with Gasteiger partial charge in [0.05, 0.1) is 58.0 Å². The van der Waals surface area contributed by atoms with Crippen LogP contribution in [0.25, 0.3) is 0 Å². The lowest BCUT2D eigenvalue weighted by molar-refractivity contribution is -0.0691. The van der Waals surface area contributed by atoms with Gasteiger partial charge in [0.25, 0.3) is 0 Å². The van der Waals surface area contributed by atoms with Crippen molar-refractivity contribution in [3.05, 3.63) is 34.9 Å². The van der Waals surface area contributed by atoms with Gasteiger partial charge in [0.1, 0.15) is 0 Å². The molecule has 0 aromatic rings. The summed E-state index contributed by atoms with van der Waals surface area (Å²) >= 11 is 0. The van der Waals surface area contributed by atoms with Crippen LogP contribution in [-0.4, -0.2) is 77.8 Å². The lowest BCUT2D eigenvalue weighted by Gasteiger charge is -2.58. The Bertz CT molecular complexity index is 3260. The van der Waals surface area contributed by atoms with Crippen LogP contribution in [0.1, 0.15) is 526 Å². The van der Waals surface area contributed by atoms with Gasteiger partial charge in [-0.05, 0) is 341 Å². The molecule has 0 saturated heterocycles. The van der Waals surface area contributed by atoms with E-state index in [0.29, 0.717) is 107 Å². The Morgan fingerprint density at radius 2 is 0.519 bits per heavy atom. The van der Waals surface area contributed by atoms with Crippen LogP contribution in [-0.2, 0) is 28.4 Å². The predicted octanol–water partition coefficient (Wildman–Crippen LogP) is 37.4. The molecule has 9 saturated carbocycles. The van der Waals surface area contributed by atoms with Crippen molar-refractivity contribution in [2.45, 2.75) is 544 Å². The lowest BCUT2D eigenvalue weighted by atomic mass is 9.47. The first-order chi connectivity index (χ1) is 62.3. The van der Waals surface area contributed by atoms with Gasteiger partial charge in [0, 0.05) is 19.8 Å². The summed E-state index contributed by atoms with van der Waals surface area (Å²) in [5, 5.41) is 0. The average Bonchev–Trinajstić information content (AvgIpc) is 1.67. The van der Waals surface area contributed by atoms with Crippen molar-refractivity contribution >= 4 is 0 Å². The molecule has 12 rings (SSSR count). The third kappa shape index (κ3) is 32.5. The lowest BCUT2D eigenvalue weighted by Crippen LogP contribution is -2.51. The van der Waals surface area contributed by atoms with E-state index in [2.05, 4.69) is 184 Å². The molecule has 0 heterocycles. The number of hydrogen-bond acceptors (Lipinski definition) is 6. The number of hydrogen-bond donors (Lipinski definition) is 0. The van der Waals surface area contributed by atoms with Crippen molar-refractivity contribution in [2.75, 3.05) is 59.5 Å². The topological polar surface area (TPSA) is 55.4 Å². The van der Waals surface area contributed by atoms with Crippen molar-refractivity contribution in [3.63, 3.8) is 0 Å². The fourth-order valence-corrected chi connectivity index (χ4v) is 32.4. The van der Waals surface area contributed by atoms with E-state index in [1.807, 2.05) is 0 Å². The van der Waals surface area contributed by atoms with Gasteiger partial charge in [0.15, 0.2) is 0 Å². The highest BCUT2D eigenvalue weighted by atomic mass is 16.6. The van der Waals surface area contributed by atoms with Crippen molar-refractivity contribution in [2.24, 2.45) is 155 Å². The Hall–Kier alpha value is -1.02. The number of allylic oxidation sites excluding steroid dienone is 3. The summed E-state index contributed by atoms with van der Waals surface area (Å²) in [5.74, 6) is 16.6. The molecule has 0 radical (unpaired) electrons. The monoisotopic (exact) mass is 1820 g/mol. The summed E-state index contributed by atoms with van der Waals surface area (Å²) in [6.45, 7) is 66.0. The minimum atomic E-state index is 0.327. The first-order valence-corrected chi connectivity index (χ1v) is 59.0. The van der Waals surface area contributed by atoms with Gasteiger partial charge < -0.3 is 28.4 Å². The predicted molar refractivity (Wildman–Crippen MR) is 565 cm³/mol. The molecule has 0 N–H and O–H groups in total. The zero-order chi connectivity index (χ0) is 94.7. The highest BCUT2D eigenvalue weighted by molar-refractivity contribution is 5.29. The summed E-state index contributed by atoms with van der Waals surface area (Å²) in [7, 11) is 0. The molecular formula is C125H226O6. The second-order valence-electron chi connectivity index (χ2n) is 54.9. The van der Waals surface area contributed by atoms with Crippen molar-refractivity contribution in [1.82, 2.24) is 0 Å². The molecular weight excluding hydrogens is 1600 g/mol. The van der Waals surface area contributed by atoms with Gasteiger partial charge in [-0.15, -0.1) is 0 Å². The molecule has 12 aliphatic rings. The second-order valence-corrected chi connectivity index (χ2v) is 54.9. The Balaban J connectivity index is 0.000000205. The highest BCUT2D eigenvalue weighted by Crippen LogP contribution is 2.72. The van der Waals surface area contributed by atoms with Crippen molar-refractivity contribution in [1.29, 1.82) is 0 Å². The van der Waals surface area contributed by atoms with Gasteiger partial charge in [-0.2, -0.15) is 0 Å². The van der Waals surface area contributed by atoms with E-state index in [-0.39, 0.29) is 0 Å². The van der Waals surface area contributed by atoms with Gasteiger partial charge in [-0.25, -0.2) is 0 Å². The van der Waals surface area contributed by atoms with Crippen LogP contribution >= 0.6 is 0 Å². The van der Waals surface area contributed by atoms with Crippen LogP contribution < -0.4 is 0 Å². The quantitative estimate of drug-likeness (QED) is 0.0447. The summed E-state index contributed by atoms with van der Waals surface area (Å²) in [6, 6.07) is 0. The Kier molecular flexibility index (Phi) is 45.6. The van der Waals surface area contributed by atoms with E-state index < -0.39 is 0 Å². The van der Waals surface area contributed by atoms with Crippen LogP contribution in [0.5, 0.6) is 0 Å². The zero-order valence-corrected chi connectivity index (χ0v) is 92.3. The fourth-order valence-electron chi connectivity index (χ4n) is 32.4. The van der Waals surface area contributed by atoms with E-state index in [4.69, 9.17) is 28.4 Å². The van der Waals surface area contributed by atoms with Crippen LogP contribution in [0.3, 0.4) is 0 Å². The Morgan fingerprint density at radius 1 is 0.260 bits per heavy atom. The van der Waals surface area contributed by atoms with E-state index >= 15 is 0 Å². The summed E-state index contributed by atoms with van der Waals surface area (Å²) < 4.78 is 36.6. The molecule has 131 heavy (non-hydrogen) atoms. The minimum absolute atomic E-state index is 0.327. The Labute approximate surface area is 817 Å². The summed E-state index contributed by atoms with van der Waals surface area (Å²) in [6.07, 6.45) is 87.9. The van der Waals surface area contributed by atoms with Gasteiger partial charge in [-0.1, -0.05) is 374 Å². The minimum Gasteiger partial charge on any atom is -0.379 e. The largest absolute Gasteiger partial charge is 0.379 e. The van der Waals surface area contributed by atoms with E-state index in [1.54, 1.807) is 16.7 Å². The highest BCUT2D eigenvalue weighted by Gasteiger charge is 2.63. The first-order valence-electron chi connectivity index (χ1n) is 59.0. The standard InChI is InChI=1S/C47H86O.C39H70O4.C39H70O/c1-37(2)24-23-25-38(3)42-28-29-43-41-27-26-39-36-40(30-33-46(39,7)44(41)31-34-47(42,43)8)48-35-22-20-18-16-14-12-10-9-11-13-15-17-19-21-32-45(4,5)6;1-29(2)10-9-11-30(3)34-14-15-35-33-13-12-31-28-32(16-18-38(31,7)36(33)17-19-39(34,35)8)43-27-26-42-25-24-41-23-22-40-21-20-37(4,5)6;1-29(2)16-15-17-30(3)34-20-21-35-33-19-18-31-28-32(22-25-38(31,7)36(33)23-26-39(34,35)8)40-27-14-12-10-9-11-13-24-37(4,5)6/h26,37-38,40-44H,9-25,27-36H2,1-8H3;12,29-30,32-36H,9-11,13-28H2,1-8H3;18,29-30,32-36H,9-17,19-28H2,1-8H3/t38?,40-,41?,42?,43?,44?,46?,47?;2*30?,32-,33?,34?,35?,36?,38?,39?/m000/s1. The van der Waals surface area contributed by atoms with Crippen LogP contribution in [0.4, 0.5) is 0 Å². The van der Waals surface area contributed by atoms with Crippen molar-refractivity contribution < 1.29 is 28.4 Å². The van der Waals surface area contributed by atoms with E-state index in [1.165, 1.54) is 347 Å². The van der Waals surface area contributed by atoms with Crippen LogP contribution in [0.15, 0.2) is 34.9 Å². The first kappa shape index (κ1) is 112. The smallest absolute Gasteiger partial charge is 0.0704 e. The van der Waals surface area contributed by atoms with Crippen LogP contribution in [0, 0.1) is 155 Å². The normalized spacial score (nSPS) is 34.6. The SMILES string of the molecule is CC(C)CCCC(C)C1CCC2C3CC=C4C[C@@H](OCCCCCCCCC(C)(C)C)CCC4(C)C3CCC12C.CC(C)CCCC(C)C1CCC2C3CC=C4C[C@@H](OCCCCCCCCCCCCCCCCC(C)(C)C)CCC4(C)C3CCC12C.CC(C)CCCC(C)C1CCC2C3CC=C4C[C@@H](OCCOCCOCCOCCC(C)(C)C)CCC4(C)C3CCC12C. The molecule has 21 unspecified atom stereocenters. The molecule has 24 atom stereocenters. The number of ether oxygens (including phenoxy) is 6. The molecule has 6 heteroatoms. The van der Waals surface area contributed by atoms with E-state index in [9.17, 15) is 0 Å². The van der Waals surface area contributed by atoms with Crippen LogP contribution in [0.2, 0.25) is 0 Å². The fraction of sp³-hybridized carbons (Fsp3) is 0.952. The number of fused-ring (bicyclic) bond motifs is 15. The molecule has 0 amide bonds. The Morgan fingerprint density at radius 3 is 0.802 bits per heavy atom. The van der Waals surface area contributed by atoms with Gasteiger partial charge in [0.2, 0.25) is 0 Å². The second kappa shape index (κ2) is 53.4. The van der Waals surface area contributed by atoms with Gasteiger partial charge >= 0.3 is 0 Å². The molecule has 6 nitrogen and oxygen atoms in total. The number of rotatable bonds is 53. The summed E-state index contributed by atoms with van der Waals surface area (Å²) in [5.41, 5.74) is 9.76. The molecule has 0 aromatic carbocycles. The molecule has 12 aliphatic carbocycles. The maximum atomic E-state index is 6.57. The maximum absolute atomic E-state index is 6.57. The third-order valence-electron chi connectivity index (χ3n) is 40.5. The van der Waals surface area contributed by atoms with Gasteiger partial charge in [-0.3, -0.25) is 0 Å². The molecule has 9 fully saturated rings. The van der Waals surface area contributed by atoms with Crippen molar-refractivity contribution in [3.8, 4) is 0 Å². The molecule has 0 aliphatic heterocycles. The van der Waals surface area contributed by atoms with E-state index in [0.717, 1.165) is 139 Å².